The third-order valence-corrected chi connectivity index (χ3v) is 5.20. The molecule has 0 saturated carbocycles. The highest BCUT2D eigenvalue weighted by Crippen LogP contribution is 2.36. The van der Waals surface area contributed by atoms with Crippen LogP contribution >= 0.6 is 0 Å². The number of β-amino-alcohol motifs (C(OH)–C–C–N with tert-alkyl or cyclic N) is 1. The summed E-state index contributed by atoms with van der Waals surface area (Å²) in [6, 6.07) is 8.60. The average molecular weight is 301 g/mol. The Morgan fingerprint density at radius 1 is 1.27 bits per heavy atom. The second kappa shape index (κ2) is 6.82. The van der Waals surface area contributed by atoms with E-state index >= 15 is 0 Å². The Kier molecular flexibility index (Phi) is 4.81. The Hall–Kier alpha value is -1.36. The van der Waals surface area contributed by atoms with Gasteiger partial charge in [0.15, 0.2) is 0 Å². The zero-order valence-electron chi connectivity index (χ0n) is 13.4. The number of piperidine rings is 1. The predicted molar refractivity (Wildman–Crippen MR) is 91.0 cm³/mol. The molecule has 2 heterocycles. The largest absolute Gasteiger partial charge is 0.395 e. The Labute approximate surface area is 132 Å². The van der Waals surface area contributed by atoms with Crippen molar-refractivity contribution >= 4 is 10.9 Å². The molecule has 1 atom stereocenters. The molecule has 1 aromatic heterocycles. The molecular formula is C18H27N3O. The highest BCUT2D eigenvalue weighted by Gasteiger charge is 2.28. The number of nitrogens with two attached hydrogens (primary N) is 1. The number of para-hydroxylation sites is 1. The zero-order valence-corrected chi connectivity index (χ0v) is 13.4. The van der Waals surface area contributed by atoms with Gasteiger partial charge >= 0.3 is 0 Å². The number of fused-ring (bicyclic) bond motifs is 1. The molecule has 4 heteroatoms. The number of aryl methyl sites for hydroxylation is 1. The highest BCUT2D eigenvalue weighted by molar-refractivity contribution is 5.84. The number of hydrogen-bond acceptors (Lipinski definition) is 3. The smallest absolute Gasteiger partial charge is 0.0558 e. The quantitative estimate of drug-likeness (QED) is 0.887. The lowest BCUT2D eigenvalue weighted by molar-refractivity contribution is 0.138. The third-order valence-electron chi connectivity index (χ3n) is 5.20. The van der Waals surface area contributed by atoms with Crippen molar-refractivity contribution in [3.63, 3.8) is 0 Å². The standard InChI is InChI=1S/C18H27N3O/c1-20-13-17(15-4-2-3-5-18(15)20)16(12-19)14-6-8-21(9-7-14)10-11-22/h2-5,13-14,16,22H,6-12,19H2,1H3. The van der Waals surface area contributed by atoms with E-state index in [1.807, 2.05) is 0 Å². The number of aliphatic hydroxyl groups excluding tert-OH is 1. The van der Waals surface area contributed by atoms with E-state index in [0.29, 0.717) is 18.4 Å². The lowest BCUT2D eigenvalue weighted by atomic mass is 9.80. The molecular weight excluding hydrogens is 274 g/mol. The van der Waals surface area contributed by atoms with Gasteiger partial charge in [0.2, 0.25) is 0 Å². The van der Waals surface area contributed by atoms with Gasteiger partial charge in [-0.25, -0.2) is 0 Å². The van der Waals surface area contributed by atoms with Gasteiger partial charge in [-0.3, -0.25) is 0 Å². The third kappa shape index (κ3) is 2.91. The van der Waals surface area contributed by atoms with Gasteiger partial charge in [-0.2, -0.15) is 0 Å². The van der Waals surface area contributed by atoms with Gasteiger partial charge in [0.25, 0.3) is 0 Å². The van der Waals surface area contributed by atoms with Gasteiger partial charge in [0.05, 0.1) is 6.61 Å². The molecule has 0 bridgehead atoms. The molecule has 22 heavy (non-hydrogen) atoms. The van der Waals surface area contributed by atoms with E-state index < -0.39 is 0 Å². The van der Waals surface area contributed by atoms with Gasteiger partial charge in [-0.1, -0.05) is 18.2 Å². The van der Waals surface area contributed by atoms with Crippen LogP contribution in [0.4, 0.5) is 0 Å². The predicted octanol–water partition coefficient (Wildman–Crippen LogP) is 1.92. The van der Waals surface area contributed by atoms with Crippen LogP contribution in [0.25, 0.3) is 10.9 Å². The molecule has 0 spiro atoms. The molecule has 1 aliphatic rings. The van der Waals surface area contributed by atoms with Gasteiger partial charge in [0.1, 0.15) is 0 Å². The summed E-state index contributed by atoms with van der Waals surface area (Å²) in [6.45, 7) is 3.92. The van der Waals surface area contributed by atoms with Crippen LogP contribution in [0.5, 0.6) is 0 Å². The molecule has 1 unspecified atom stereocenters. The first-order valence-electron chi connectivity index (χ1n) is 8.31. The van der Waals surface area contributed by atoms with Crippen LogP contribution in [0.1, 0.15) is 24.3 Å². The molecule has 1 aromatic carbocycles. The van der Waals surface area contributed by atoms with Crippen LogP contribution in [0.15, 0.2) is 30.5 Å². The number of hydrogen-bond donors (Lipinski definition) is 2. The van der Waals surface area contributed by atoms with Crippen LogP contribution in [0.2, 0.25) is 0 Å². The van der Waals surface area contributed by atoms with E-state index in [2.05, 4.69) is 47.0 Å². The van der Waals surface area contributed by atoms with Crippen LogP contribution in [-0.4, -0.2) is 47.4 Å². The zero-order chi connectivity index (χ0) is 15.5. The Balaban J connectivity index is 1.82. The summed E-state index contributed by atoms with van der Waals surface area (Å²) in [4.78, 5) is 2.35. The normalized spacial score (nSPS) is 18.9. The summed E-state index contributed by atoms with van der Waals surface area (Å²) in [5.41, 5.74) is 8.86. The summed E-state index contributed by atoms with van der Waals surface area (Å²) in [5.74, 6) is 1.08. The fraction of sp³-hybridized carbons (Fsp3) is 0.556. The molecule has 2 aromatic rings. The fourth-order valence-electron chi connectivity index (χ4n) is 3.96. The minimum absolute atomic E-state index is 0.258. The lowest BCUT2D eigenvalue weighted by Gasteiger charge is -2.35. The number of benzene rings is 1. The number of aliphatic hydroxyl groups is 1. The Bertz CT molecular complexity index is 614. The van der Waals surface area contributed by atoms with Gasteiger partial charge in [-0.15, -0.1) is 0 Å². The van der Waals surface area contributed by atoms with Crippen molar-refractivity contribution in [2.24, 2.45) is 18.7 Å². The van der Waals surface area contributed by atoms with Crippen LogP contribution < -0.4 is 5.73 Å². The van der Waals surface area contributed by atoms with E-state index in [4.69, 9.17) is 10.8 Å². The van der Waals surface area contributed by atoms with E-state index in [1.165, 1.54) is 29.3 Å². The van der Waals surface area contributed by atoms with E-state index in [0.717, 1.165) is 19.6 Å². The van der Waals surface area contributed by atoms with Crippen molar-refractivity contribution in [3.8, 4) is 0 Å². The monoisotopic (exact) mass is 301 g/mol. The van der Waals surface area contributed by atoms with Crippen molar-refractivity contribution in [1.29, 1.82) is 0 Å². The van der Waals surface area contributed by atoms with Crippen molar-refractivity contribution in [3.05, 3.63) is 36.0 Å². The number of rotatable bonds is 5. The summed E-state index contributed by atoms with van der Waals surface area (Å²) in [6.07, 6.45) is 4.61. The average Bonchev–Trinajstić information content (AvgIpc) is 2.88. The minimum Gasteiger partial charge on any atom is -0.395 e. The number of likely N-dealkylation sites (tertiary alicyclic amines) is 1. The Morgan fingerprint density at radius 3 is 2.68 bits per heavy atom. The topological polar surface area (TPSA) is 54.4 Å². The van der Waals surface area contributed by atoms with Gasteiger partial charge < -0.3 is 20.3 Å². The number of nitrogens with zero attached hydrogens (tertiary/aromatic N) is 2. The number of aromatic nitrogens is 1. The molecule has 1 saturated heterocycles. The van der Waals surface area contributed by atoms with Crippen LogP contribution in [0.3, 0.4) is 0 Å². The highest BCUT2D eigenvalue weighted by atomic mass is 16.3. The van der Waals surface area contributed by atoms with Crippen LogP contribution in [-0.2, 0) is 7.05 Å². The van der Waals surface area contributed by atoms with Crippen molar-refractivity contribution in [2.75, 3.05) is 32.8 Å². The van der Waals surface area contributed by atoms with E-state index in [-0.39, 0.29) is 6.61 Å². The molecule has 3 rings (SSSR count). The fourth-order valence-corrected chi connectivity index (χ4v) is 3.96. The molecule has 1 fully saturated rings. The maximum Gasteiger partial charge on any atom is 0.0558 e. The molecule has 0 amide bonds. The first-order valence-corrected chi connectivity index (χ1v) is 8.31. The molecule has 0 radical (unpaired) electrons. The van der Waals surface area contributed by atoms with E-state index in [1.54, 1.807) is 0 Å². The minimum atomic E-state index is 0.258. The van der Waals surface area contributed by atoms with Crippen molar-refractivity contribution in [1.82, 2.24) is 9.47 Å². The van der Waals surface area contributed by atoms with E-state index in [9.17, 15) is 0 Å². The summed E-state index contributed by atoms with van der Waals surface area (Å²) in [5, 5.41) is 10.4. The maximum absolute atomic E-state index is 9.07. The molecule has 3 N–H and O–H groups in total. The van der Waals surface area contributed by atoms with Crippen LogP contribution in [0, 0.1) is 5.92 Å². The molecule has 0 aliphatic carbocycles. The summed E-state index contributed by atoms with van der Waals surface area (Å²) < 4.78 is 2.22. The SMILES string of the molecule is Cn1cc(C(CN)C2CCN(CCO)CC2)c2ccccc21. The second-order valence-electron chi connectivity index (χ2n) is 6.46. The molecule has 1 aliphatic heterocycles. The summed E-state index contributed by atoms with van der Waals surface area (Å²) >= 11 is 0. The van der Waals surface area contributed by atoms with Gasteiger partial charge in [0, 0.05) is 36.6 Å². The van der Waals surface area contributed by atoms with Crippen molar-refractivity contribution < 1.29 is 5.11 Å². The Morgan fingerprint density at radius 2 is 2.00 bits per heavy atom. The van der Waals surface area contributed by atoms with Crippen molar-refractivity contribution in [2.45, 2.75) is 18.8 Å². The molecule has 120 valence electrons. The first kappa shape index (κ1) is 15.5. The first-order chi connectivity index (χ1) is 10.7. The lowest BCUT2D eigenvalue weighted by Crippen LogP contribution is -2.38. The second-order valence-corrected chi connectivity index (χ2v) is 6.46. The molecule has 4 nitrogen and oxygen atoms in total. The maximum atomic E-state index is 9.07. The van der Waals surface area contributed by atoms with Gasteiger partial charge in [-0.05, 0) is 50.0 Å². The summed E-state index contributed by atoms with van der Waals surface area (Å²) in [7, 11) is 2.11.